The van der Waals surface area contributed by atoms with E-state index in [1.165, 1.54) is 6.92 Å². The summed E-state index contributed by atoms with van der Waals surface area (Å²) in [5.41, 5.74) is 1.24. The van der Waals surface area contributed by atoms with Crippen LogP contribution in [-0.4, -0.2) is 11.1 Å². The van der Waals surface area contributed by atoms with Crippen molar-refractivity contribution in [3.63, 3.8) is 0 Å². The molecule has 0 atom stereocenters. The van der Waals surface area contributed by atoms with Gasteiger partial charge in [0.05, 0.1) is 0 Å². The minimum atomic E-state index is -0.346. The molecule has 0 unspecified atom stereocenters. The number of ether oxygens (including phenoxy) is 1. The second kappa shape index (κ2) is 4.87. The van der Waals surface area contributed by atoms with Crippen LogP contribution in [-0.2, 0) is 15.6 Å². The van der Waals surface area contributed by atoms with E-state index in [2.05, 4.69) is 0 Å². The molecule has 0 amide bonds. The molecule has 0 bridgehead atoms. The van der Waals surface area contributed by atoms with Crippen LogP contribution in [0, 0.1) is 0 Å². The van der Waals surface area contributed by atoms with Gasteiger partial charge in [-0.3, -0.25) is 4.79 Å². The number of carbonyl (C=O) groups excluding carboxylic acids is 1. The summed E-state index contributed by atoms with van der Waals surface area (Å²) in [6.07, 6.45) is 0. The fourth-order valence-corrected chi connectivity index (χ4v) is 1.98. The average Bonchev–Trinajstić information content (AvgIpc) is 2.16. The van der Waals surface area contributed by atoms with E-state index in [-0.39, 0.29) is 22.5 Å². The molecule has 19 heavy (non-hydrogen) atoms. The molecule has 0 spiro atoms. The lowest BCUT2D eigenvalue weighted by Gasteiger charge is -2.29. The normalized spacial score (nSPS) is 12.4. The number of esters is 1. The van der Waals surface area contributed by atoms with E-state index in [1.807, 2.05) is 41.5 Å². The van der Waals surface area contributed by atoms with Gasteiger partial charge < -0.3 is 9.84 Å². The first kappa shape index (κ1) is 15.5. The predicted molar refractivity (Wildman–Crippen MR) is 76.8 cm³/mol. The van der Waals surface area contributed by atoms with Crippen LogP contribution in [0.15, 0.2) is 12.1 Å². The Hall–Kier alpha value is -1.51. The molecular weight excluding hydrogens is 240 g/mol. The molecule has 1 rings (SSSR count). The van der Waals surface area contributed by atoms with Crippen molar-refractivity contribution >= 4 is 5.97 Å². The summed E-state index contributed by atoms with van der Waals surface area (Å²) in [4.78, 5) is 11.4. The van der Waals surface area contributed by atoms with Crippen LogP contribution < -0.4 is 4.74 Å². The van der Waals surface area contributed by atoms with Gasteiger partial charge >= 0.3 is 5.97 Å². The van der Waals surface area contributed by atoms with Crippen molar-refractivity contribution in [3.05, 3.63) is 23.3 Å². The smallest absolute Gasteiger partial charge is 0.308 e. The Morgan fingerprint density at radius 1 is 1.00 bits per heavy atom. The maximum atomic E-state index is 11.4. The zero-order chi connectivity index (χ0) is 15.0. The summed E-state index contributed by atoms with van der Waals surface area (Å²) >= 11 is 0. The van der Waals surface area contributed by atoms with E-state index in [0.717, 1.165) is 11.1 Å². The first-order valence-corrected chi connectivity index (χ1v) is 6.49. The Bertz CT molecular complexity index is 453. The van der Waals surface area contributed by atoms with Crippen molar-refractivity contribution in [2.24, 2.45) is 0 Å². The molecule has 0 aliphatic heterocycles. The molecule has 106 valence electrons. The van der Waals surface area contributed by atoms with E-state index in [9.17, 15) is 9.90 Å². The van der Waals surface area contributed by atoms with Gasteiger partial charge in [0.2, 0.25) is 0 Å². The van der Waals surface area contributed by atoms with Gasteiger partial charge in [0.1, 0.15) is 11.5 Å². The largest absolute Gasteiger partial charge is 0.508 e. The van der Waals surface area contributed by atoms with Gasteiger partial charge in [0, 0.05) is 18.1 Å². The van der Waals surface area contributed by atoms with Gasteiger partial charge in [-0.15, -0.1) is 0 Å². The third kappa shape index (κ3) is 3.72. The molecule has 1 N–H and O–H groups in total. The Labute approximate surface area is 115 Å². The highest BCUT2D eigenvalue weighted by Gasteiger charge is 2.28. The lowest BCUT2D eigenvalue weighted by Crippen LogP contribution is -2.20. The Balaban J connectivity index is 3.63. The molecule has 0 aromatic heterocycles. The van der Waals surface area contributed by atoms with Crippen LogP contribution in [0.1, 0.15) is 59.6 Å². The van der Waals surface area contributed by atoms with Crippen molar-refractivity contribution < 1.29 is 14.6 Å². The van der Waals surface area contributed by atoms with E-state index >= 15 is 0 Å². The number of phenolic OH excluding ortho intramolecular Hbond substituents is 1. The highest BCUT2D eigenvalue weighted by atomic mass is 16.5. The second-order valence-electron chi connectivity index (χ2n) is 6.96. The van der Waals surface area contributed by atoms with E-state index in [4.69, 9.17) is 4.74 Å². The monoisotopic (exact) mass is 264 g/mol. The summed E-state index contributed by atoms with van der Waals surface area (Å²) < 4.78 is 5.43. The number of aromatic hydroxyl groups is 1. The topological polar surface area (TPSA) is 46.5 Å². The summed E-state index contributed by atoms with van der Waals surface area (Å²) in [7, 11) is 0. The van der Waals surface area contributed by atoms with Crippen molar-refractivity contribution in [1.29, 1.82) is 0 Å². The molecule has 0 heterocycles. The minimum absolute atomic E-state index is 0.200. The molecule has 0 fully saturated rings. The summed E-state index contributed by atoms with van der Waals surface area (Å²) in [6.45, 7) is 13.6. The number of rotatable bonds is 1. The third-order valence-corrected chi connectivity index (χ3v) is 2.94. The first-order valence-electron chi connectivity index (χ1n) is 6.49. The lowest BCUT2D eigenvalue weighted by atomic mass is 9.79. The van der Waals surface area contributed by atoms with Crippen LogP contribution in [0.25, 0.3) is 0 Å². The number of carbonyl (C=O) groups is 1. The molecular formula is C16H24O3. The predicted octanol–water partition coefficient (Wildman–Crippen LogP) is 3.91. The van der Waals surface area contributed by atoms with Crippen molar-refractivity contribution in [1.82, 2.24) is 0 Å². The van der Waals surface area contributed by atoms with Gasteiger partial charge in [0.25, 0.3) is 0 Å². The van der Waals surface area contributed by atoms with Crippen molar-refractivity contribution in [2.75, 3.05) is 0 Å². The highest BCUT2D eigenvalue weighted by molar-refractivity contribution is 5.71. The molecule has 0 saturated carbocycles. The Morgan fingerprint density at radius 3 is 1.63 bits per heavy atom. The fourth-order valence-electron chi connectivity index (χ4n) is 1.98. The standard InChI is InChI=1S/C16H24O3/c1-10(17)19-14-12(15(2,3)4)8-11(18)9-13(14)16(5,6)7/h8-9,18H,1-7H3. The van der Waals surface area contributed by atoms with Gasteiger partial charge in [-0.05, 0) is 23.0 Å². The number of phenols is 1. The molecule has 3 nitrogen and oxygen atoms in total. The summed E-state index contributed by atoms with van der Waals surface area (Å²) in [6, 6.07) is 3.35. The van der Waals surface area contributed by atoms with Crippen molar-refractivity contribution in [3.8, 4) is 11.5 Å². The van der Waals surface area contributed by atoms with Gasteiger partial charge in [-0.25, -0.2) is 0 Å². The molecule has 1 aromatic rings. The molecule has 0 radical (unpaired) electrons. The van der Waals surface area contributed by atoms with Crippen LogP contribution in [0.5, 0.6) is 11.5 Å². The fraction of sp³-hybridized carbons (Fsp3) is 0.562. The van der Waals surface area contributed by atoms with Crippen molar-refractivity contribution in [2.45, 2.75) is 59.3 Å². The minimum Gasteiger partial charge on any atom is -0.508 e. The highest BCUT2D eigenvalue weighted by Crippen LogP contribution is 2.42. The van der Waals surface area contributed by atoms with Crippen LogP contribution >= 0.6 is 0 Å². The maximum absolute atomic E-state index is 11.4. The van der Waals surface area contributed by atoms with Gasteiger partial charge in [-0.2, -0.15) is 0 Å². The SMILES string of the molecule is CC(=O)Oc1c(C(C)(C)C)cc(O)cc1C(C)(C)C. The van der Waals surface area contributed by atoms with E-state index < -0.39 is 0 Å². The number of hydrogen-bond acceptors (Lipinski definition) is 3. The first-order chi connectivity index (χ1) is 8.43. The Morgan fingerprint density at radius 2 is 1.37 bits per heavy atom. The zero-order valence-electron chi connectivity index (χ0n) is 12.9. The average molecular weight is 264 g/mol. The molecule has 0 aliphatic rings. The van der Waals surface area contributed by atoms with Crippen LogP contribution in [0.4, 0.5) is 0 Å². The quantitative estimate of drug-likeness (QED) is 0.618. The van der Waals surface area contributed by atoms with Gasteiger partial charge in [0.15, 0.2) is 0 Å². The number of benzene rings is 1. The molecule has 0 saturated heterocycles. The maximum Gasteiger partial charge on any atom is 0.308 e. The van der Waals surface area contributed by atoms with E-state index in [1.54, 1.807) is 12.1 Å². The Kier molecular flexibility index (Phi) is 3.99. The van der Waals surface area contributed by atoms with E-state index in [0.29, 0.717) is 5.75 Å². The summed E-state index contributed by atoms with van der Waals surface area (Å²) in [5.74, 6) is 0.428. The molecule has 3 heteroatoms. The number of hydrogen-bond donors (Lipinski definition) is 1. The summed E-state index contributed by atoms with van der Waals surface area (Å²) in [5, 5.41) is 9.94. The molecule has 0 aliphatic carbocycles. The third-order valence-electron chi connectivity index (χ3n) is 2.94. The van der Waals surface area contributed by atoms with Crippen LogP contribution in [0.3, 0.4) is 0 Å². The zero-order valence-corrected chi connectivity index (χ0v) is 12.9. The lowest BCUT2D eigenvalue weighted by molar-refractivity contribution is -0.132. The van der Waals surface area contributed by atoms with Gasteiger partial charge in [-0.1, -0.05) is 41.5 Å². The molecule has 1 aromatic carbocycles. The second-order valence-corrected chi connectivity index (χ2v) is 6.96. The van der Waals surface area contributed by atoms with Crippen LogP contribution in [0.2, 0.25) is 0 Å².